The first-order valence-corrected chi connectivity index (χ1v) is 7.82. The van der Waals surface area contributed by atoms with Gasteiger partial charge in [0.1, 0.15) is 0 Å². The van der Waals surface area contributed by atoms with Gasteiger partial charge in [0.25, 0.3) is 0 Å². The van der Waals surface area contributed by atoms with Crippen LogP contribution in [0.5, 0.6) is 0 Å². The lowest BCUT2D eigenvalue weighted by atomic mass is 10.1. The molecule has 0 aromatic heterocycles. The Bertz CT molecular complexity index is 412. The van der Waals surface area contributed by atoms with Crippen LogP contribution in [0.15, 0.2) is 22.7 Å². The lowest BCUT2D eigenvalue weighted by molar-refractivity contribution is 0.117. The smallest absolute Gasteiger partial charge is 0.0318 e. The van der Waals surface area contributed by atoms with Crippen LogP contribution in [0.3, 0.4) is 0 Å². The number of halogens is 1. The number of benzene rings is 1. The summed E-state index contributed by atoms with van der Waals surface area (Å²) in [5, 5.41) is 0. The molecule has 0 spiro atoms. The number of piperazine rings is 1. The molecule has 0 aliphatic carbocycles. The fourth-order valence-corrected chi connectivity index (χ4v) is 2.98. The topological polar surface area (TPSA) is 32.5 Å². The minimum Gasteiger partial charge on any atom is -0.399 e. The van der Waals surface area contributed by atoms with E-state index < -0.39 is 0 Å². The zero-order valence-corrected chi connectivity index (χ0v) is 13.5. The van der Waals surface area contributed by atoms with Crippen LogP contribution in [-0.4, -0.2) is 42.5 Å². The fraction of sp³-hybridized carbons (Fsp3) is 0.600. The normalized spacial score (nSPS) is 18.1. The highest BCUT2D eigenvalue weighted by Crippen LogP contribution is 2.21. The van der Waals surface area contributed by atoms with Gasteiger partial charge in [-0.15, -0.1) is 0 Å². The molecule has 1 fully saturated rings. The molecule has 1 heterocycles. The van der Waals surface area contributed by atoms with Crippen LogP contribution in [0, 0.1) is 5.92 Å². The van der Waals surface area contributed by atoms with E-state index in [4.69, 9.17) is 5.73 Å². The van der Waals surface area contributed by atoms with Crippen LogP contribution in [0.2, 0.25) is 0 Å². The van der Waals surface area contributed by atoms with Gasteiger partial charge in [0, 0.05) is 49.4 Å². The Hall–Kier alpha value is -0.580. The summed E-state index contributed by atoms with van der Waals surface area (Å²) in [5.74, 6) is 0.759. The van der Waals surface area contributed by atoms with Gasteiger partial charge in [-0.3, -0.25) is 4.90 Å². The van der Waals surface area contributed by atoms with E-state index in [1.54, 1.807) is 0 Å². The molecule has 3 nitrogen and oxygen atoms in total. The van der Waals surface area contributed by atoms with Crippen LogP contribution in [-0.2, 0) is 6.54 Å². The highest BCUT2D eigenvalue weighted by Gasteiger charge is 2.18. The summed E-state index contributed by atoms with van der Waals surface area (Å²) in [5.41, 5.74) is 8.00. The van der Waals surface area contributed by atoms with Crippen molar-refractivity contribution < 1.29 is 0 Å². The first-order chi connectivity index (χ1) is 9.04. The highest BCUT2D eigenvalue weighted by molar-refractivity contribution is 9.10. The Labute approximate surface area is 124 Å². The minimum absolute atomic E-state index is 0.759. The molecule has 0 radical (unpaired) electrons. The number of hydrogen-bond donors (Lipinski definition) is 1. The summed E-state index contributed by atoms with van der Waals surface area (Å²) in [6, 6.07) is 6.05. The Morgan fingerprint density at radius 1 is 1.16 bits per heavy atom. The van der Waals surface area contributed by atoms with Crippen molar-refractivity contribution in [2.45, 2.75) is 20.4 Å². The van der Waals surface area contributed by atoms with Gasteiger partial charge in [-0.2, -0.15) is 0 Å². The fourth-order valence-electron chi connectivity index (χ4n) is 2.60. The Kier molecular flexibility index (Phi) is 5.25. The van der Waals surface area contributed by atoms with E-state index in [1.165, 1.54) is 25.2 Å². The molecule has 0 bridgehead atoms. The predicted octanol–water partition coefficient (Wildman–Crippen LogP) is 2.80. The molecule has 1 saturated heterocycles. The van der Waals surface area contributed by atoms with Gasteiger partial charge in [0.05, 0.1) is 0 Å². The number of hydrogen-bond acceptors (Lipinski definition) is 3. The first-order valence-electron chi connectivity index (χ1n) is 7.03. The number of nitrogen functional groups attached to an aromatic ring is 1. The lowest BCUT2D eigenvalue weighted by Gasteiger charge is -2.35. The SMILES string of the molecule is CC(C)CN1CCN(Cc2cc(N)ccc2Br)CC1. The van der Waals surface area contributed by atoms with Gasteiger partial charge in [0.2, 0.25) is 0 Å². The molecule has 2 N–H and O–H groups in total. The maximum atomic E-state index is 5.86. The van der Waals surface area contributed by atoms with Gasteiger partial charge in [-0.25, -0.2) is 0 Å². The van der Waals surface area contributed by atoms with Crippen molar-refractivity contribution in [2.24, 2.45) is 5.92 Å². The third kappa shape index (κ3) is 4.48. The van der Waals surface area contributed by atoms with Gasteiger partial charge < -0.3 is 10.6 Å². The summed E-state index contributed by atoms with van der Waals surface area (Å²) >= 11 is 3.61. The van der Waals surface area contributed by atoms with E-state index in [1.807, 2.05) is 12.1 Å². The highest BCUT2D eigenvalue weighted by atomic mass is 79.9. The second-order valence-corrected chi connectivity index (χ2v) is 6.68. The van der Waals surface area contributed by atoms with Crippen molar-refractivity contribution in [3.63, 3.8) is 0 Å². The second kappa shape index (κ2) is 6.73. The van der Waals surface area contributed by atoms with Crippen molar-refractivity contribution in [1.29, 1.82) is 0 Å². The van der Waals surface area contributed by atoms with Crippen molar-refractivity contribution in [3.8, 4) is 0 Å². The van der Waals surface area contributed by atoms with Crippen LogP contribution < -0.4 is 5.73 Å². The minimum atomic E-state index is 0.759. The monoisotopic (exact) mass is 325 g/mol. The van der Waals surface area contributed by atoms with E-state index in [2.05, 4.69) is 45.6 Å². The van der Waals surface area contributed by atoms with E-state index >= 15 is 0 Å². The molecule has 0 saturated carbocycles. The Morgan fingerprint density at radius 2 is 1.79 bits per heavy atom. The molecule has 1 aliphatic heterocycles. The summed E-state index contributed by atoms with van der Waals surface area (Å²) in [6.45, 7) is 11.4. The van der Waals surface area contributed by atoms with Crippen molar-refractivity contribution in [1.82, 2.24) is 9.80 Å². The van der Waals surface area contributed by atoms with E-state index in [9.17, 15) is 0 Å². The molecule has 19 heavy (non-hydrogen) atoms. The third-order valence-electron chi connectivity index (χ3n) is 3.55. The molecule has 0 atom stereocenters. The molecule has 2 rings (SSSR count). The van der Waals surface area contributed by atoms with Crippen molar-refractivity contribution in [3.05, 3.63) is 28.2 Å². The van der Waals surface area contributed by atoms with Crippen LogP contribution in [0.25, 0.3) is 0 Å². The predicted molar refractivity (Wildman–Crippen MR) is 85.1 cm³/mol. The quantitative estimate of drug-likeness (QED) is 0.864. The average Bonchev–Trinajstić information content (AvgIpc) is 2.35. The van der Waals surface area contributed by atoms with Crippen molar-refractivity contribution in [2.75, 3.05) is 38.5 Å². The molecular formula is C15H24BrN3. The Balaban J connectivity index is 1.87. The maximum absolute atomic E-state index is 5.86. The summed E-state index contributed by atoms with van der Waals surface area (Å²) in [6.07, 6.45) is 0. The zero-order chi connectivity index (χ0) is 13.8. The van der Waals surface area contributed by atoms with Gasteiger partial charge >= 0.3 is 0 Å². The summed E-state index contributed by atoms with van der Waals surface area (Å²) < 4.78 is 1.16. The van der Waals surface area contributed by atoms with Crippen molar-refractivity contribution >= 4 is 21.6 Å². The third-order valence-corrected chi connectivity index (χ3v) is 4.33. The molecular weight excluding hydrogens is 302 g/mol. The van der Waals surface area contributed by atoms with E-state index in [0.29, 0.717) is 0 Å². The van der Waals surface area contributed by atoms with Gasteiger partial charge in [0.15, 0.2) is 0 Å². The summed E-state index contributed by atoms with van der Waals surface area (Å²) in [4.78, 5) is 5.08. The van der Waals surface area contributed by atoms with E-state index in [-0.39, 0.29) is 0 Å². The van der Waals surface area contributed by atoms with E-state index in [0.717, 1.165) is 35.7 Å². The molecule has 4 heteroatoms. The first kappa shape index (κ1) is 14.8. The average molecular weight is 326 g/mol. The lowest BCUT2D eigenvalue weighted by Crippen LogP contribution is -2.46. The van der Waals surface area contributed by atoms with Crippen LogP contribution >= 0.6 is 15.9 Å². The van der Waals surface area contributed by atoms with Crippen LogP contribution in [0.4, 0.5) is 5.69 Å². The number of anilines is 1. The van der Waals surface area contributed by atoms with Gasteiger partial charge in [-0.1, -0.05) is 29.8 Å². The van der Waals surface area contributed by atoms with Crippen LogP contribution in [0.1, 0.15) is 19.4 Å². The Morgan fingerprint density at radius 3 is 2.42 bits per heavy atom. The molecule has 1 aromatic rings. The maximum Gasteiger partial charge on any atom is 0.0318 e. The molecule has 106 valence electrons. The molecule has 1 aromatic carbocycles. The van der Waals surface area contributed by atoms with Gasteiger partial charge in [-0.05, 0) is 29.7 Å². The number of rotatable bonds is 4. The number of nitrogens with two attached hydrogens (primary N) is 1. The standard InChI is InChI=1S/C15H24BrN3/c1-12(2)10-18-5-7-19(8-6-18)11-13-9-14(17)3-4-15(13)16/h3-4,9,12H,5-8,10-11,17H2,1-2H3. The molecule has 0 unspecified atom stereocenters. The number of nitrogens with zero attached hydrogens (tertiary/aromatic N) is 2. The largest absolute Gasteiger partial charge is 0.399 e. The molecule has 0 amide bonds. The molecule has 1 aliphatic rings. The second-order valence-electron chi connectivity index (χ2n) is 5.82. The summed E-state index contributed by atoms with van der Waals surface area (Å²) in [7, 11) is 0. The zero-order valence-electron chi connectivity index (χ0n) is 11.9.